The van der Waals surface area contributed by atoms with E-state index in [2.05, 4.69) is 22.4 Å². The quantitative estimate of drug-likeness (QED) is 0.577. The SMILES string of the molecule is COc1ccnc(C(=O)N[C@@H](C)C(=O)O[C@@H](C)C2c3ccccc3-c3ccccc32)c1O. The van der Waals surface area contributed by atoms with E-state index in [0.717, 1.165) is 22.3 Å². The summed E-state index contributed by atoms with van der Waals surface area (Å²) in [5.41, 5.74) is 4.26. The van der Waals surface area contributed by atoms with E-state index in [1.54, 1.807) is 0 Å². The lowest BCUT2D eigenvalue weighted by Crippen LogP contribution is -2.41. The number of carbonyl (C=O) groups excluding carboxylic acids is 2. The minimum Gasteiger partial charge on any atom is -0.503 e. The van der Waals surface area contributed by atoms with Gasteiger partial charge in [-0.25, -0.2) is 9.78 Å². The zero-order chi connectivity index (χ0) is 22.8. The van der Waals surface area contributed by atoms with Gasteiger partial charge >= 0.3 is 5.97 Å². The van der Waals surface area contributed by atoms with Crippen molar-refractivity contribution in [3.63, 3.8) is 0 Å². The Kier molecular flexibility index (Phi) is 5.81. The summed E-state index contributed by atoms with van der Waals surface area (Å²) in [5.74, 6) is -1.64. The van der Waals surface area contributed by atoms with Crippen LogP contribution in [0.15, 0.2) is 60.8 Å². The van der Waals surface area contributed by atoms with Gasteiger partial charge in [-0.3, -0.25) is 4.79 Å². The van der Waals surface area contributed by atoms with E-state index < -0.39 is 24.0 Å². The highest BCUT2D eigenvalue weighted by Gasteiger charge is 2.35. The summed E-state index contributed by atoms with van der Waals surface area (Å²) in [6.45, 7) is 3.38. The fourth-order valence-corrected chi connectivity index (χ4v) is 4.14. The maximum absolute atomic E-state index is 12.8. The molecule has 0 radical (unpaired) electrons. The van der Waals surface area contributed by atoms with Crippen LogP contribution in [0.4, 0.5) is 0 Å². The molecule has 0 spiro atoms. The summed E-state index contributed by atoms with van der Waals surface area (Å²) in [7, 11) is 1.37. The molecule has 2 aromatic carbocycles. The molecular formula is C25H24N2O5. The predicted molar refractivity (Wildman–Crippen MR) is 119 cm³/mol. The van der Waals surface area contributed by atoms with Crippen LogP contribution < -0.4 is 10.1 Å². The Hall–Kier alpha value is -3.87. The monoisotopic (exact) mass is 432 g/mol. The number of rotatable bonds is 6. The molecule has 0 aliphatic heterocycles. The van der Waals surface area contributed by atoms with Crippen molar-refractivity contribution in [2.24, 2.45) is 0 Å². The van der Waals surface area contributed by atoms with Gasteiger partial charge in [0, 0.05) is 18.2 Å². The van der Waals surface area contributed by atoms with Crippen LogP contribution in [0.3, 0.4) is 0 Å². The number of ether oxygens (including phenoxy) is 2. The summed E-state index contributed by atoms with van der Waals surface area (Å²) in [6, 6.07) is 16.7. The van der Waals surface area contributed by atoms with Gasteiger partial charge in [-0.05, 0) is 36.1 Å². The number of nitrogens with one attached hydrogen (secondary N) is 1. The summed E-state index contributed by atoms with van der Waals surface area (Å²) in [6.07, 6.45) is 0.892. The number of pyridine rings is 1. The fourth-order valence-electron chi connectivity index (χ4n) is 4.14. The van der Waals surface area contributed by atoms with E-state index in [-0.39, 0.29) is 23.1 Å². The van der Waals surface area contributed by atoms with Gasteiger partial charge in [-0.1, -0.05) is 48.5 Å². The van der Waals surface area contributed by atoms with Gasteiger partial charge in [0.15, 0.2) is 17.2 Å². The number of hydrogen-bond donors (Lipinski definition) is 2. The van der Waals surface area contributed by atoms with Gasteiger partial charge in [0.25, 0.3) is 5.91 Å². The molecule has 3 aromatic rings. The molecule has 164 valence electrons. The lowest BCUT2D eigenvalue weighted by Gasteiger charge is -2.24. The van der Waals surface area contributed by atoms with E-state index in [4.69, 9.17) is 9.47 Å². The molecule has 1 aliphatic rings. The van der Waals surface area contributed by atoms with E-state index in [0.29, 0.717) is 0 Å². The Morgan fingerprint density at radius 3 is 2.19 bits per heavy atom. The Balaban J connectivity index is 1.48. The summed E-state index contributed by atoms with van der Waals surface area (Å²) >= 11 is 0. The largest absolute Gasteiger partial charge is 0.503 e. The number of amides is 1. The molecule has 7 heteroatoms. The highest BCUT2D eigenvalue weighted by Crippen LogP contribution is 2.46. The second kappa shape index (κ2) is 8.70. The van der Waals surface area contributed by atoms with Crippen molar-refractivity contribution < 1.29 is 24.2 Å². The maximum atomic E-state index is 12.8. The van der Waals surface area contributed by atoms with Crippen LogP contribution in [0.5, 0.6) is 11.5 Å². The highest BCUT2D eigenvalue weighted by atomic mass is 16.5. The first-order chi connectivity index (χ1) is 15.4. The fraction of sp³-hybridized carbons (Fsp3) is 0.240. The molecule has 0 saturated heterocycles. The third kappa shape index (κ3) is 3.77. The molecule has 0 fully saturated rings. The minimum absolute atomic E-state index is 0.0988. The molecule has 4 rings (SSSR count). The van der Waals surface area contributed by atoms with Gasteiger partial charge in [0.2, 0.25) is 0 Å². The summed E-state index contributed by atoms with van der Waals surface area (Å²) in [4.78, 5) is 29.2. The molecule has 32 heavy (non-hydrogen) atoms. The number of carbonyl (C=O) groups is 2. The van der Waals surface area contributed by atoms with Crippen LogP contribution in [0.25, 0.3) is 11.1 Å². The normalized spacial score (nSPS) is 14.1. The molecule has 1 amide bonds. The third-order valence-electron chi connectivity index (χ3n) is 5.68. The first-order valence-corrected chi connectivity index (χ1v) is 10.3. The number of nitrogens with zero attached hydrogens (tertiary/aromatic N) is 1. The minimum atomic E-state index is -0.941. The second-order valence-electron chi connectivity index (χ2n) is 7.70. The highest BCUT2D eigenvalue weighted by molar-refractivity contribution is 5.97. The Bertz CT molecular complexity index is 1130. The molecule has 7 nitrogen and oxygen atoms in total. The van der Waals surface area contributed by atoms with Crippen LogP contribution in [-0.2, 0) is 9.53 Å². The lowest BCUT2D eigenvalue weighted by molar-refractivity contribution is -0.150. The van der Waals surface area contributed by atoms with Gasteiger partial charge in [-0.2, -0.15) is 0 Å². The average Bonchev–Trinajstić information content (AvgIpc) is 3.13. The Morgan fingerprint density at radius 1 is 1.00 bits per heavy atom. The smallest absolute Gasteiger partial charge is 0.328 e. The summed E-state index contributed by atoms with van der Waals surface area (Å²) < 4.78 is 10.8. The van der Waals surface area contributed by atoms with Crippen LogP contribution in [0.2, 0.25) is 0 Å². The molecule has 0 bridgehead atoms. The number of methoxy groups -OCH3 is 1. The molecule has 2 atom stereocenters. The molecule has 1 aliphatic carbocycles. The molecule has 2 N–H and O–H groups in total. The van der Waals surface area contributed by atoms with Gasteiger partial charge in [-0.15, -0.1) is 0 Å². The number of fused-ring (bicyclic) bond motifs is 3. The van der Waals surface area contributed by atoms with E-state index in [1.807, 2.05) is 43.3 Å². The first-order valence-electron chi connectivity index (χ1n) is 10.3. The van der Waals surface area contributed by atoms with E-state index in [9.17, 15) is 14.7 Å². The Morgan fingerprint density at radius 2 is 1.59 bits per heavy atom. The van der Waals surface area contributed by atoms with Crippen molar-refractivity contribution in [1.29, 1.82) is 0 Å². The van der Waals surface area contributed by atoms with Gasteiger partial charge in [0.05, 0.1) is 7.11 Å². The summed E-state index contributed by atoms with van der Waals surface area (Å²) in [5, 5.41) is 12.7. The van der Waals surface area contributed by atoms with E-state index >= 15 is 0 Å². The van der Waals surface area contributed by atoms with Crippen molar-refractivity contribution in [3.05, 3.63) is 77.6 Å². The van der Waals surface area contributed by atoms with Gasteiger partial charge < -0.3 is 19.9 Å². The molecule has 0 unspecified atom stereocenters. The average molecular weight is 432 g/mol. The number of aromatic nitrogens is 1. The van der Waals surface area contributed by atoms with Crippen molar-refractivity contribution >= 4 is 11.9 Å². The van der Waals surface area contributed by atoms with Crippen molar-refractivity contribution in [2.75, 3.05) is 7.11 Å². The zero-order valence-corrected chi connectivity index (χ0v) is 18.0. The van der Waals surface area contributed by atoms with Crippen LogP contribution in [0, 0.1) is 0 Å². The maximum Gasteiger partial charge on any atom is 0.328 e. The van der Waals surface area contributed by atoms with Crippen molar-refractivity contribution in [1.82, 2.24) is 10.3 Å². The molecule has 0 saturated carbocycles. The van der Waals surface area contributed by atoms with Crippen molar-refractivity contribution in [3.8, 4) is 22.6 Å². The topological polar surface area (TPSA) is 97.8 Å². The Labute approximate surface area is 186 Å². The third-order valence-corrected chi connectivity index (χ3v) is 5.68. The zero-order valence-electron chi connectivity index (χ0n) is 18.0. The lowest BCUT2D eigenvalue weighted by atomic mass is 9.92. The molecule has 1 aromatic heterocycles. The number of benzene rings is 2. The second-order valence-corrected chi connectivity index (χ2v) is 7.70. The standard InChI is InChI=1S/C25H24N2O5/c1-14(27-24(29)22-23(28)20(31-3)12-13-26-22)25(30)32-15(2)21-18-10-6-4-8-16(18)17-9-5-7-11-19(17)21/h4-15,21,28H,1-3H3,(H,27,29)/t14-,15-/m0/s1. The number of aromatic hydroxyl groups is 1. The van der Waals surface area contributed by atoms with Crippen LogP contribution in [-0.4, -0.2) is 41.2 Å². The molecule has 1 heterocycles. The molecular weight excluding hydrogens is 408 g/mol. The van der Waals surface area contributed by atoms with Crippen LogP contribution >= 0.6 is 0 Å². The number of hydrogen-bond acceptors (Lipinski definition) is 6. The van der Waals surface area contributed by atoms with Crippen molar-refractivity contribution in [2.45, 2.75) is 31.9 Å². The predicted octanol–water partition coefficient (Wildman–Crippen LogP) is 3.66. The first kappa shape index (κ1) is 21.4. The van der Waals surface area contributed by atoms with E-state index in [1.165, 1.54) is 26.3 Å². The van der Waals surface area contributed by atoms with Gasteiger partial charge in [0.1, 0.15) is 12.1 Å². The number of esters is 1. The van der Waals surface area contributed by atoms with Crippen LogP contribution in [0.1, 0.15) is 41.4 Å².